The average Bonchev–Trinajstić information content (AvgIpc) is 2.77. The fraction of sp³-hybridized carbons (Fsp3) is 0.238. The largest absolute Gasteiger partial charge is 0.378 e. The minimum absolute atomic E-state index is 0.375. The van der Waals surface area contributed by atoms with Gasteiger partial charge in [0.25, 0.3) is 0 Å². The quantitative estimate of drug-likeness (QED) is 0.634. The summed E-state index contributed by atoms with van der Waals surface area (Å²) in [6, 6.07) is 14.6. The van der Waals surface area contributed by atoms with E-state index in [0.29, 0.717) is 66.1 Å². The maximum Gasteiger partial charge on any atom is 0.232 e. The third kappa shape index (κ3) is 4.79. The summed E-state index contributed by atoms with van der Waals surface area (Å²) >= 11 is 12.7. The SMILES string of the molecule is N#Cc1ccc(Nc2nc(Cc3c(Cl)cccc3Cl)nc(N3CCOCC3)n2)cc1. The van der Waals surface area contributed by atoms with Crippen LogP contribution in [0.25, 0.3) is 0 Å². The Balaban J connectivity index is 1.67. The Labute approximate surface area is 184 Å². The number of nitriles is 1. The van der Waals surface area contributed by atoms with Crippen molar-refractivity contribution in [2.24, 2.45) is 0 Å². The Morgan fingerprint density at radius 2 is 1.70 bits per heavy atom. The highest BCUT2D eigenvalue weighted by molar-refractivity contribution is 6.36. The van der Waals surface area contributed by atoms with Crippen molar-refractivity contribution in [3.05, 3.63) is 69.5 Å². The molecule has 0 spiro atoms. The zero-order valence-corrected chi connectivity index (χ0v) is 17.5. The molecule has 152 valence electrons. The predicted octanol–water partition coefficient (Wildman–Crippen LogP) is 4.22. The monoisotopic (exact) mass is 440 g/mol. The molecule has 0 aliphatic carbocycles. The number of nitrogens with one attached hydrogen (secondary N) is 1. The van der Waals surface area contributed by atoms with E-state index in [1.807, 2.05) is 0 Å². The second-order valence-electron chi connectivity index (χ2n) is 6.67. The zero-order valence-electron chi connectivity index (χ0n) is 16.0. The number of morpholine rings is 1. The Kier molecular flexibility index (Phi) is 6.29. The zero-order chi connectivity index (χ0) is 20.9. The van der Waals surface area contributed by atoms with Gasteiger partial charge in [0.1, 0.15) is 5.82 Å². The van der Waals surface area contributed by atoms with Gasteiger partial charge in [0.05, 0.1) is 24.8 Å². The van der Waals surface area contributed by atoms with Crippen molar-refractivity contribution < 1.29 is 4.74 Å². The number of rotatable bonds is 5. The first-order valence-corrected chi connectivity index (χ1v) is 10.2. The van der Waals surface area contributed by atoms with Gasteiger partial charge in [-0.2, -0.15) is 20.2 Å². The molecule has 0 unspecified atom stereocenters. The molecule has 1 fully saturated rings. The standard InChI is InChI=1S/C21H18Cl2N6O/c22-17-2-1-3-18(23)16(17)12-19-26-20(25-15-6-4-14(13-24)5-7-15)28-21(27-19)29-8-10-30-11-9-29/h1-7H,8-12H2,(H,25,26,27,28). The van der Waals surface area contributed by atoms with Crippen molar-refractivity contribution in [1.29, 1.82) is 5.26 Å². The first-order valence-electron chi connectivity index (χ1n) is 9.40. The normalized spacial score (nSPS) is 13.7. The van der Waals surface area contributed by atoms with Crippen LogP contribution in [0.1, 0.15) is 17.0 Å². The number of aromatic nitrogens is 3. The molecule has 9 heteroatoms. The summed E-state index contributed by atoms with van der Waals surface area (Å²) in [6.45, 7) is 2.64. The maximum absolute atomic E-state index is 8.98. The van der Waals surface area contributed by atoms with Gasteiger partial charge in [-0.1, -0.05) is 29.3 Å². The van der Waals surface area contributed by atoms with Crippen LogP contribution in [0.2, 0.25) is 10.0 Å². The van der Waals surface area contributed by atoms with Crippen LogP contribution in [0, 0.1) is 11.3 Å². The first kappa shape index (κ1) is 20.4. The lowest BCUT2D eigenvalue weighted by Gasteiger charge is -2.27. The lowest BCUT2D eigenvalue weighted by Crippen LogP contribution is -2.37. The summed E-state index contributed by atoms with van der Waals surface area (Å²) in [7, 11) is 0. The van der Waals surface area contributed by atoms with E-state index in [4.69, 9.17) is 33.2 Å². The van der Waals surface area contributed by atoms with Gasteiger partial charge in [0.15, 0.2) is 0 Å². The number of ether oxygens (including phenoxy) is 1. The van der Waals surface area contributed by atoms with Gasteiger partial charge in [0.2, 0.25) is 11.9 Å². The molecule has 0 radical (unpaired) electrons. The minimum Gasteiger partial charge on any atom is -0.378 e. The van der Waals surface area contributed by atoms with Crippen LogP contribution in [-0.4, -0.2) is 41.3 Å². The molecule has 30 heavy (non-hydrogen) atoms. The van der Waals surface area contributed by atoms with E-state index in [1.165, 1.54) is 0 Å². The van der Waals surface area contributed by atoms with E-state index in [1.54, 1.807) is 42.5 Å². The molecule has 1 saturated heterocycles. The lowest BCUT2D eigenvalue weighted by molar-refractivity contribution is 0.122. The third-order valence-electron chi connectivity index (χ3n) is 4.63. The Morgan fingerprint density at radius 1 is 1.00 bits per heavy atom. The lowest BCUT2D eigenvalue weighted by atomic mass is 10.1. The summed E-state index contributed by atoms with van der Waals surface area (Å²) in [5.74, 6) is 1.54. The van der Waals surface area contributed by atoms with E-state index >= 15 is 0 Å². The first-order chi connectivity index (χ1) is 14.6. The summed E-state index contributed by atoms with van der Waals surface area (Å²) in [5, 5.41) is 13.3. The van der Waals surface area contributed by atoms with Gasteiger partial charge >= 0.3 is 0 Å². The Hall–Kier alpha value is -2.92. The van der Waals surface area contributed by atoms with Gasteiger partial charge < -0.3 is 15.0 Å². The van der Waals surface area contributed by atoms with E-state index < -0.39 is 0 Å². The molecule has 0 bridgehead atoms. The van der Waals surface area contributed by atoms with Gasteiger partial charge in [-0.25, -0.2) is 0 Å². The van der Waals surface area contributed by atoms with Crippen molar-refractivity contribution in [1.82, 2.24) is 15.0 Å². The molecule has 1 aliphatic rings. The maximum atomic E-state index is 8.98. The van der Waals surface area contributed by atoms with Gasteiger partial charge in [-0.3, -0.25) is 0 Å². The molecule has 1 aromatic heterocycles. The topological polar surface area (TPSA) is 87.0 Å². The average molecular weight is 441 g/mol. The van der Waals surface area contributed by atoms with Crippen LogP contribution in [0.5, 0.6) is 0 Å². The van der Waals surface area contributed by atoms with Gasteiger partial charge in [-0.05, 0) is 42.0 Å². The van der Waals surface area contributed by atoms with E-state index in [2.05, 4.69) is 31.2 Å². The number of hydrogen-bond acceptors (Lipinski definition) is 7. The van der Waals surface area contributed by atoms with E-state index in [9.17, 15) is 0 Å². The highest BCUT2D eigenvalue weighted by Crippen LogP contribution is 2.27. The molecule has 0 amide bonds. The highest BCUT2D eigenvalue weighted by Gasteiger charge is 2.18. The molecular formula is C21H18Cl2N6O. The van der Waals surface area contributed by atoms with Crippen LogP contribution in [-0.2, 0) is 11.2 Å². The molecule has 0 atom stereocenters. The molecule has 0 saturated carbocycles. The molecule has 3 aromatic rings. The molecule has 7 nitrogen and oxygen atoms in total. The third-order valence-corrected chi connectivity index (χ3v) is 5.34. The van der Waals surface area contributed by atoms with Crippen molar-refractivity contribution in [2.75, 3.05) is 36.5 Å². The van der Waals surface area contributed by atoms with Crippen molar-refractivity contribution >= 4 is 40.8 Å². The fourth-order valence-electron chi connectivity index (χ4n) is 3.06. The molecule has 1 aliphatic heterocycles. The summed E-state index contributed by atoms with van der Waals surface area (Å²) in [5.41, 5.74) is 2.12. The van der Waals surface area contributed by atoms with Crippen molar-refractivity contribution in [3.63, 3.8) is 0 Å². The highest BCUT2D eigenvalue weighted by atomic mass is 35.5. The molecule has 2 aromatic carbocycles. The smallest absolute Gasteiger partial charge is 0.232 e. The van der Waals surface area contributed by atoms with E-state index in [0.717, 1.165) is 11.3 Å². The van der Waals surface area contributed by atoms with Crippen LogP contribution < -0.4 is 10.2 Å². The van der Waals surface area contributed by atoms with Crippen LogP contribution in [0.4, 0.5) is 17.6 Å². The summed E-state index contributed by atoms with van der Waals surface area (Å²) < 4.78 is 5.44. The molecular weight excluding hydrogens is 423 g/mol. The summed E-state index contributed by atoms with van der Waals surface area (Å²) in [6.07, 6.45) is 0.375. The Morgan fingerprint density at radius 3 is 2.37 bits per heavy atom. The predicted molar refractivity (Wildman–Crippen MR) is 117 cm³/mol. The number of nitrogens with zero attached hydrogens (tertiary/aromatic N) is 5. The number of hydrogen-bond donors (Lipinski definition) is 1. The second kappa shape index (κ2) is 9.26. The number of halogens is 2. The van der Waals surface area contributed by atoms with Crippen molar-refractivity contribution in [3.8, 4) is 6.07 Å². The Bertz CT molecular complexity index is 1060. The second-order valence-corrected chi connectivity index (χ2v) is 7.48. The van der Waals surface area contributed by atoms with E-state index in [-0.39, 0.29) is 0 Å². The summed E-state index contributed by atoms with van der Waals surface area (Å²) in [4.78, 5) is 15.9. The van der Waals surface area contributed by atoms with Crippen LogP contribution in [0.15, 0.2) is 42.5 Å². The number of benzene rings is 2. The molecule has 4 rings (SSSR count). The van der Waals surface area contributed by atoms with Crippen LogP contribution >= 0.6 is 23.2 Å². The van der Waals surface area contributed by atoms with Gasteiger partial charge in [-0.15, -0.1) is 0 Å². The fourth-order valence-corrected chi connectivity index (χ4v) is 3.59. The molecule has 2 heterocycles. The van der Waals surface area contributed by atoms with Gasteiger partial charge in [0, 0.05) is 35.2 Å². The van der Waals surface area contributed by atoms with Crippen molar-refractivity contribution in [2.45, 2.75) is 6.42 Å². The minimum atomic E-state index is 0.375. The van der Waals surface area contributed by atoms with Crippen LogP contribution in [0.3, 0.4) is 0 Å². The molecule has 1 N–H and O–H groups in total. The number of anilines is 3.